The van der Waals surface area contributed by atoms with E-state index in [2.05, 4.69) is 0 Å². The molecule has 98 valence electrons. The molecule has 0 aromatic heterocycles. The minimum absolute atomic E-state index is 0.365. The van der Waals surface area contributed by atoms with Crippen molar-refractivity contribution >= 4 is 17.6 Å². The Bertz CT molecular complexity index is 447. The summed E-state index contributed by atoms with van der Waals surface area (Å²) in [4.78, 5) is 13.2. The summed E-state index contributed by atoms with van der Waals surface area (Å²) in [5.74, 6) is -0.724. The zero-order valence-electron chi connectivity index (χ0n) is 10.5. The number of carbonyl (C=O) groups is 1. The van der Waals surface area contributed by atoms with E-state index in [-0.39, 0.29) is 6.04 Å². The molecule has 0 radical (unpaired) electrons. The highest BCUT2D eigenvalue weighted by atomic mass is 35.5. The Morgan fingerprint density at radius 1 is 1.50 bits per heavy atom. The van der Waals surface area contributed by atoms with Gasteiger partial charge in [0.25, 0.3) is 0 Å². The van der Waals surface area contributed by atoms with E-state index in [0.29, 0.717) is 6.54 Å². The molecule has 1 heterocycles. The largest absolute Gasteiger partial charge is 0.480 e. The summed E-state index contributed by atoms with van der Waals surface area (Å²) in [7, 11) is 0. The molecule has 1 aromatic rings. The van der Waals surface area contributed by atoms with Gasteiger partial charge >= 0.3 is 5.97 Å². The van der Waals surface area contributed by atoms with E-state index in [0.717, 1.165) is 42.0 Å². The van der Waals surface area contributed by atoms with Crippen LogP contribution in [0.15, 0.2) is 18.2 Å². The number of hydrogen-bond donors (Lipinski definition) is 1. The zero-order chi connectivity index (χ0) is 13.1. The van der Waals surface area contributed by atoms with Gasteiger partial charge in [0.1, 0.15) is 6.04 Å². The highest BCUT2D eigenvalue weighted by Gasteiger charge is 2.28. The van der Waals surface area contributed by atoms with E-state index in [1.807, 2.05) is 30.0 Å². The predicted octanol–water partition coefficient (Wildman–Crippen LogP) is 3.09. The van der Waals surface area contributed by atoms with Crippen LogP contribution in [0.2, 0.25) is 5.02 Å². The summed E-state index contributed by atoms with van der Waals surface area (Å²) in [5, 5.41) is 9.95. The van der Waals surface area contributed by atoms with Crippen molar-refractivity contribution in [1.82, 2.24) is 4.90 Å². The Morgan fingerprint density at radius 2 is 2.28 bits per heavy atom. The number of carboxylic acid groups (broad SMARTS) is 1. The topological polar surface area (TPSA) is 40.5 Å². The van der Waals surface area contributed by atoms with Crippen LogP contribution < -0.4 is 0 Å². The molecule has 0 aliphatic carbocycles. The Morgan fingerprint density at radius 3 is 2.94 bits per heavy atom. The second-order valence-corrected chi connectivity index (χ2v) is 5.32. The van der Waals surface area contributed by atoms with Gasteiger partial charge in [0.2, 0.25) is 0 Å². The van der Waals surface area contributed by atoms with Crippen molar-refractivity contribution in [2.45, 2.75) is 38.8 Å². The number of halogens is 1. The lowest BCUT2D eigenvalue weighted by molar-refractivity contribution is -0.144. The predicted molar refractivity (Wildman–Crippen MR) is 71.9 cm³/mol. The molecule has 3 nitrogen and oxygen atoms in total. The Kier molecular flexibility index (Phi) is 4.25. The molecule has 18 heavy (non-hydrogen) atoms. The van der Waals surface area contributed by atoms with Crippen LogP contribution >= 0.6 is 11.6 Å². The monoisotopic (exact) mass is 267 g/mol. The lowest BCUT2D eigenvalue weighted by Gasteiger charge is -2.33. The second-order valence-electron chi connectivity index (χ2n) is 4.92. The highest BCUT2D eigenvalue weighted by Crippen LogP contribution is 2.24. The first-order chi connectivity index (χ1) is 8.58. The lowest BCUT2D eigenvalue weighted by atomic mass is 10.0. The number of piperidine rings is 1. The maximum Gasteiger partial charge on any atom is 0.320 e. The van der Waals surface area contributed by atoms with Crippen molar-refractivity contribution in [2.75, 3.05) is 6.54 Å². The SMILES string of the molecule is Cc1ccc(CN2CCCCC2C(=O)O)c(Cl)c1. The Balaban J connectivity index is 2.13. The number of aliphatic carboxylic acids is 1. The number of aryl methyl sites for hydroxylation is 1. The molecule has 1 fully saturated rings. The van der Waals surface area contributed by atoms with Gasteiger partial charge in [-0.25, -0.2) is 0 Å². The van der Waals surface area contributed by atoms with Gasteiger partial charge in [0.15, 0.2) is 0 Å². The number of nitrogens with zero attached hydrogens (tertiary/aromatic N) is 1. The van der Waals surface area contributed by atoms with Crippen LogP contribution in [0, 0.1) is 6.92 Å². The van der Waals surface area contributed by atoms with Gasteiger partial charge in [-0.2, -0.15) is 0 Å². The van der Waals surface area contributed by atoms with Crippen LogP contribution in [0.1, 0.15) is 30.4 Å². The van der Waals surface area contributed by atoms with E-state index in [1.54, 1.807) is 0 Å². The Labute approximate surface area is 112 Å². The molecule has 1 atom stereocenters. The van der Waals surface area contributed by atoms with Crippen molar-refractivity contribution in [3.63, 3.8) is 0 Å². The van der Waals surface area contributed by atoms with Gasteiger partial charge in [-0.15, -0.1) is 0 Å². The molecule has 2 rings (SSSR count). The van der Waals surface area contributed by atoms with Crippen molar-refractivity contribution in [1.29, 1.82) is 0 Å². The van der Waals surface area contributed by atoms with E-state index in [4.69, 9.17) is 11.6 Å². The standard InChI is InChI=1S/C14H18ClNO2/c1-10-5-6-11(12(15)8-10)9-16-7-3-2-4-13(16)14(17)18/h5-6,8,13H,2-4,7,9H2,1H3,(H,17,18). The molecule has 4 heteroatoms. The van der Waals surface area contributed by atoms with Crippen LogP contribution in [-0.4, -0.2) is 28.6 Å². The Hall–Kier alpha value is -1.06. The first-order valence-electron chi connectivity index (χ1n) is 6.30. The third kappa shape index (κ3) is 3.03. The van der Waals surface area contributed by atoms with E-state index in [9.17, 15) is 9.90 Å². The third-order valence-corrected chi connectivity index (χ3v) is 3.83. The molecule has 0 amide bonds. The molecule has 1 N–H and O–H groups in total. The molecule has 0 bridgehead atoms. The fourth-order valence-corrected chi connectivity index (χ4v) is 2.75. The van der Waals surface area contributed by atoms with Gasteiger partial charge in [-0.3, -0.25) is 9.69 Å². The van der Waals surface area contributed by atoms with Crippen LogP contribution in [0.4, 0.5) is 0 Å². The molecule has 1 aliphatic rings. The fraction of sp³-hybridized carbons (Fsp3) is 0.500. The second kappa shape index (κ2) is 5.72. The molecular formula is C14H18ClNO2. The summed E-state index contributed by atoms with van der Waals surface area (Å²) >= 11 is 6.20. The molecule has 1 unspecified atom stereocenters. The fourth-order valence-electron chi connectivity index (χ4n) is 2.46. The van der Waals surface area contributed by atoms with Crippen molar-refractivity contribution in [2.24, 2.45) is 0 Å². The number of hydrogen-bond acceptors (Lipinski definition) is 2. The third-order valence-electron chi connectivity index (χ3n) is 3.48. The molecular weight excluding hydrogens is 250 g/mol. The van der Waals surface area contributed by atoms with Gasteiger partial charge in [0.05, 0.1) is 0 Å². The summed E-state index contributed by atoms with van der Waals surface area (Å²) in [5.41, 5.74) is 2.13. The summed E-state index contributed by atoms with van der Waals surface area (Å²) in [6, 6.07) is 5.57. The van der Waals surface area contributed by atoms with Gasteiger partial charge < -0.3 is 5.11 Å². The minimum atomic E-state index is -0.724. The molecule has 0 saturated carbocycles. The normalized spacial score (nSPS) is 20.9. The number of carboxylic acids is 1. The molecule has 1 aromatic carbocycles. The molecule has 1 saturated heterocycles. The maximum atomic E-state index is 11.2. The summed E-state index contributed by atoms with van der Waals surface area (Å²) < 4.78 is 0. The van der Waals surface area contributed by atoms with Crippen LogP contribution in [-0.2, 0) is 11.3 Å². The number of benzene rings is 1. The van der Waals surface area contributed by atoms with Crippen molar-refractivity contribution in [3.05, 3.63) is 34.3 Å². The van der Waals surface area contributed by atoms with E-state index in [1.165, 1.54) is 0 Å². The lowest BCUT2D eigenvalue weighted by Crippen LogP contribution is -2.44. The van der Waals surface area contributed by atoms with Crippen LogP contribution in [0.3, 0.4) is 0 Å². The summed E-state index contributed by atoms with van der Waals surface area (Å²) in [6.07, 6.45) is 2.79. The average molecular weight is 268 g/mol. The quantitative estimate of drug-likeness (QED) is 0.915. The summed E-state index contributed by atoms with van der Waals surface area (Å²) in [6.45, 7) is 3.45. The zero-order valence-corrected chi connectivity index (χ0v) is 11.3. The molecule has 1 aliphatic heterocycles. The number of likely N-dealkylation sites (tertiary alicyclic amines) is 1. The minimum Gasteiger partial charge on any atom is -0.480 e. The maximum absolute atomic E-state index is 11.2. The smallest absolute Gasteiger partial charge is 0.320 e. The highest BCUT2D eigenvalue weighted by molar-refractivity contribution is 6.31. The van der Waals surface area contributed by atoms with Gasteiger partial charge in [-0.05, 0) is 43.5 Å². The first-order valence-corrected chi connectivity index (χ1v) is 6.67. The van der Waals surface area contributed by atoms with Crippen LogP contribution in [0.25, 0.3) is 0 Å². The van der Waals surface area contributed by atoms with Crippen LogP contribution in [0.5, 0.6) is 0 Å². The van der Waals surface area contributed by atoms with E-state index < -0.39 is 5.97 Å². The first kappa shape index (κ1) is 13.4. The number of rotatable bonds is 3. The van der Waals surface area contributed by atoms with Gasteiger partial charge in [0, 0.05) is 11.6 Å². The van der Waals surface area contributed by atoms with Crippen molar-refractivity contribution < 1.29 is 9.90 Å². The van der Waals surface area contributed by atoms with E-state index >= 15 is 0 Å². The average Bonchev–Trinajstić information content (AvgIpc) is 2.33. The van der Waals surface area contributed by atoms with Crippen molar-refractivity contribution in [3.8, 4) is 0 Å². The van der Waals surface area contributed by atoms with Gasteiger partial charge in [-0.1, -0.05) is 30.2 Å². The molecule has 0 spiro atoms.